The van der Waals surface area contributed by atoms with Gasteiger partial charge in [0.25, 0.3) is 0 Å². The van der Waals surface area contributed by atoms with Crippen LogP contribution in [0.15, 0.2) is 28.1 Å². The quantitative estimate of drug-likeness (QED) is 0.608. The van der Waals surface area contributed by atoms with E-state index in [1.54, 1.807) is 36.9 Å². The van der Waals surface area contributed by atoms with E-state index >= 15 is 0 Å². The van der Waals surface area contributed by atoms with Crippen molar-refractivity contribution < 1.29 is 23.0 Å². The summed E-state index contributed by atoms with van der Waals surface area (Å²) in [6, 6.07) is 3.54. The molecule has 146 valence electrons. The Kier molecular flexibility index (Phi) is 4.94. The van der Waals surface area contributed by atoms with Crippen LogP contribution in [-0.4, -0.2) is 58.2 Å². The summed E-state index contributed by atoms with van der Waals surface area (Å²) in [5.74, 6) is 0.784. The molecule has 0 unspecified atom stereocenters. The van der Waals surface area contributed by atoms with Crippen LogP contribution in [0.25, 0.3) is 0 Å². The molecule has 0 amide bonds. The highest BCUT2D eigenvalue weighted by molar-refractivity contribution is 8.00. The number of fused-ring (bicyclic) bond motifs is 1. The van der Waals surface area contributed by atoms with Crippen molar-refractivity contribution in [1.82, 2.24) is 9.80 Å². The van der Waals surface area contributed by atoms with Gasteiger partial charge in [-0.15, -0.1) is 4.99 Å². The fourth-order valence-electron chi connectivity index (χ4n) is 3.41. The molecule has 2 atom stereocenters. The van der Waals surface area contributed by atoms with E-state index < -0.39 is 23.3 Å². The molecule has 2 heterocycles. The number of halogens is 3. The molecule has 27 heavy (non-hydrogen) atoms. The van der Waals surface area contributed by atoms with Crippen molar-refractivity contribution >= 4 is 17.7 Å². The summed E-state index contributed by atoms with van der Waals surface area (Å²) in [4.78, 5) is 7.36. The van der Waals surface area contributed by atoms with Crippen molar-refractivity contribution in [2.75, 3.05) is 20.1 Å². The van der Waals surface area contributed by atoms with Crippen LogP contribution < -0.4 is 4.74 Å². The molecule has 0 saturated carbocycles. The smallest absolute Gasteiger partial charge is 0.446 e. The van der Waals surface area contributed by atoms with Gasteiger partial charge in [-0.2, -0.15) is 18.4 Å². The number of nitriles is 1. The van der Waals surface area contributed by atoms with E-state index in [4.69, 9.17) is 10.00 Å². The van der Waals surface area contributed by atoms with Gasteiger partial charge in [0, 0.05) is 30.6 Å². The highest BCUT2D eigenvalue weighted by Crippen LogP contribution is 2.46. The minimum atomic E-state index is -4.42. The van der Waals surface area contributed by atoms with E-state index in [0.717, 1.165) is 0 Å². The first-order valence-corrected chi connectivity index (χ1v) is 9.06. The molecule has 1 N–H and O–H groups in total. The maximum Gasteiger partial charge on any atom is 0.446 e. The van der Waals surface area contributed by atoms with Crippen molar-refractivity contribution in [2.24, 2.45) is 4.99 Å². The van der Waals surface area contributed by atoms with Gasteiger partial charge in [-0.25, -0.2) is 0 Å². The number of likely N-dealkylation sites (N-methyl/N-ethyl adjacent to an activating group) is 1. The maximum absolute atomic E-state index is 12.8. The van der Waals surface area contributed by atoms with Gasteiger partial charge in [-0.1, -0.05) is 0 Å². The normalized spacial score (nSPS) is 25.9. The van der Waals surface area contributed by atoms with E-state index in [2.05, 4.69) is 4.99 Å². The molecular formula is C17H19F3N4O2S. The molecule has 0 aliphatic carbocycles. The van der Waals surface area contributed by atoms with Crippen molar-refractivity contribution in [3.05, 3.63) is 23.8 Å². The summed E-state index contributed by atoms with van der Waals surface area (Å²) in [5.41, 5.74) is -4.94. The van der Waals surface area contributed by atoms with Gasteiger partial charge in [0.05, 0.1) is 6.04 Å². The molecule has 2 aliphatic rings. The molecule has 3 rings (SSSR count). The van der Waals surface area contributed by atoms with Crippen LogP contribution in [-0.2, 0) is 0 Å². The molecular weight excluding hydrogens is 381 g/mol. The van der Waals surface area contributed by atoms with Crippen molar-refractivity contribution in [1.29, 1.82) is 5.26 Å². The largest absolute Gasteiger partial charge is 0.485 e. The van der Waals surface area contributed by atoms with Crippen LogP contribution in [0.1, 0.15) is 25.5 Å². The average molecular weight is 400 g/mol. The predicted molar refractivity (Wildman–Crippen MR) is 94.2 cm³/mol. The van der Waals surface area contributed by atoms with Crippen molar-refractivity contribution in [2.45, 2.75) is 42.0 Å². The first-order chi connectivity index (χ1) is 12.5. The van der Waals surface area contributed by atoms with E-state index in [-0.39, 0.29) is 16.7 Å². The van der Waals surface area contributed by atoms with Crippen LogP contribution in [0.4, 0.5) is 13.2 Å². The number of aliphatic imine (C=N–C) groups is 1. The van der Waals surface area contributed by atoms with E-state index in [1.165, 1.54) is 18.2 Å². The fraction of sp³-hybridized carbons (Fsp3) is 0.529. The number of hydrogen-bond donors (Lipinski definition) is 1. The highest BCUT2D eigenvalue weighted by Gasteiger charge is 2.48. The van der Waals surface area contributed by atoms with Crippen LogP contribution >= 0.6 is 11.8 Å². The predicted octanol–water partition coefficient (Wildman–Crippen LogP) is 2.96. The lowest BCUT2D eigenvalue weighted by Crippen LogP contribution is -2.54. The number of aliphatic hydroxyl groups excluding tert-OH is 1. The van der Waals surface area contributed by atoms with Crippen molar-refractivity contribution in [3.8, 4) is 11.9 Å². The van der Waals surface area contributed by atoms with Gasteiger partial charge < -0.3 is 19.6 Å². The number of ether oxygens (including phenoxy) is 1. The van der Waals surface area contributed by atoms with Crippen LogP contribution in [0.5, 0.6) is 5.75 Å². The Hall–Kier alpha value is -2.12. The topological polar surface area (TPSA) is 72.1 Å². The summed E-state index contributed by atoms with van der Waals surface area (Å²) in [5, 5.41) is 19.9. The summed E-state index contributed by atoms with van der Waals surface area (Å²) in [6.07, 6.45) is 0.714. The van der Waals surface area contributed by atoms with Gasteiger partial charge in [-0.3, -0.25) is 0 Å². The van der Waals surface area contributed by atoms with Crippen LogP contribution in [0.2, 0.25) is 0 Å². The monoisotopic (exact) mass is 400 g/mol. The molecule has 2 aliphatic heterocycles. The second kappa shape index (κ2) is 6.80. The van der Waals surface area contributed by atoms with Gasteiger partial charge in [0.15, 0.2) is 0 Å². The van der Waals surface area contributed by atoms with E-state index in [0.29, 0.717) is 30.4 Å². The lowest BCUT2D eigenvalue weighted by atomic mass is 9.85. The molecule has 0 aromatic heterocycles. The number of aliphatic hydroxyl groups is 1. The SMILES string of the molecule is CN1CCN([C@@H]2c3cc(SC(F)(F)F)ccc3OC(C)(C)[C@H]2O)C1=NC#N. The lowest BCUT2D eigenvalue weighted by molar-refractivity contribution is -0.0802. The zero-order chi connectivity index (χ0) is 20.0. The molecule has 1 saturated heterocycles. The molecule has 6 nitrogen and oxygen atoms in total. The lowest BCUT2D eigenvalue weighted by Gasteiger charge is -2.45. The second-order valence-electron chi connectivity index (χ2n) is 6.97. The Morgan fingerprint density at radius 2 is 2.07 bits per heavy atom. The Labute approximate surface area is 159 Å². The van der Waals surface area contributed by atoms with Gasteiger partial charge in [-0.05, 0) is 43.8 Å². The van der Waals surface area contributed by atoms with Gasteiger partial charge in [0.2, 0.25) is 12.2 Å². The minimum Gasteiger partial charge on any atom is -0.485 e. The number of hydrogen-bond acceptors (Lipinski definition) is 5. The molecule has 0 radical (unpaired) electrons. The summed E-state index contributed by atoms with van der Waals surface area (Å²) in [7, 11) is 1.77. The third-order valence-corrected chi connectivity index (χ3v) is 5.40. The first kappa shape index (κ1) is 19.6. The third kappa shape index (κ3) is 3.80. The standard InChI is InChI=1S/C17H19F3N4O2S/c1-16(2)14(25)13(24-7-6-23(3)15(24)22-9-21)11-8-10(27-17(18,19)20)4-5-12(11)26-16/h4-5,8,13-14,25H,6-7H2,1-3H3/t13-,14+/m1/s1. The Morgan fingerprint density at radius 3 is 2.70 bits per heavy atom. The fourth-order valence-corrected chi connectivity index (χ4v) is 4.00. The van der Waals surface area contributed by atoms with Crippen molar-refractivity contribution in [3.63, 3.8) is 0 Å². The summed E-state index contributed by atoms with van der Waals surface area (Å²) < 4.78 is 44.2. The zero-order valence-corrected chi connectivity index (χ0v) is 15.8. The molecule has 10 heteroatoms. The molecule has 1 aromatic rings. The second-order valence-corrected chi connectivity index (χ2v) is 8.11. The van der Waals surface area contributed by atoms with Gasteiger partial charge in [0.1, 0.15) is 17.5 Å². The van der Waals surface area contributed by atoms with Crippen LogP contribution in [0, 0.1) is 11.5 Å². The van der Waals surface area contributed by atoms with Gasteiger partial charge >= 0.3 is 5.51 Å². The Balaban J connectivity index is 2.09. The van der Waals surface area contributed by atoms with Crippen LogP contribution in [0.3, 0.4) is 0 Å². The first-order valence-electron chi connectivity index (χ1n) is 8.25. The van der Waals surface area contributed by atoms with E-state index in [1.807, 2.05) is 0 Å². The number of guanidine groups is 1. The zero-order valence-electron chi connectivity index (χ0n) is 15.0. The Bertz CT molecular complexity index is 806. The third-order valence-electron chi connectivity index (χ3n) is 4.68. The molecule has 1 fully saturated rings. The number of alkyl halides is 3. The maximum atomic E-state index is 12.8. The molecule has 0 bridgehead atoms. The number of benzene rings is 1. The summed E-state index contributed by atoms with van der Waals surface area (Å²) >= 11 is -0.218. The highest BCUT2D eigenvalue weighted by atomic mass is 32.2. The molecule has 1 aromatic carbocycles. The number of nitrogens with zero attached hydrogens (tertiary/aromatic N) is 4. The number of thioether (sulfide) groups is 1. The summed E-state index contributed by atoms with van der Waals surface area (Å²) in [6.45, 7) is 4.49. The Morgan fingerprint density at radius 1 is 1.37 bits per heavy atom. The average Bonchev–Trinajstić information content (AvgIpc) is 2.89. The molecule has 0 spiro atoms. The van der Waals surface area contributed by atoms with E-state index in [9.17, 15) is 18.3 Å². The number of rotatable bonds is 2. The minimum absolute atomic E-state index is 0.00748.